The zero-order valence-electron chi connectivity index (χ0n) is 11.3. The van der Waals surface area contributed by atoms with Crippen molar-refractivity contribution in [2.24, 2.45) is 12.9 Å². The minimum absolute atomic E-state index is 0.0809. The summed E-state index contributed by atoms with van der Waals surface area (Å²) in [5, 5.41) is 8.48. The van der Waals surface area contributed by atoms with Crippen molar-refractivity contribution in [3.63, 3.8) is 0 Å². The lowest BCUT2D eigenvalue weighted by atomic mass is 9.89. The quantitative estimate of drug-likeness (QED) is 0.656. The minimum Gasteiger partial charge on any atom is -0.270 e. The van der Waals surface area contributed by atoms with Gasteiger partial charge in [-0.2, -0.15) is 5.10 Å². The second-order valence-electron chi connectivity index (χ2n) is 5.34. The van der Waals surface area contributed by atoms with Crippen LogP contribution >= 0.6 is 27.5 Å². The van der Waals surface area contributed by atoms with Crippen molar-refractivity contribution < 1.29 is 0 Å². The molecule has 0 aromatic carbocycles. The van der Waals surface area contributed by atoms with Gasteiger partial charge in [-0.3, -0.25) is 10.5 Å². The van der Waals surface area contributed by atoms with Gasteiger partial charge in [0, 0.05) is 12.5 Å². The van der Waals surface area contributed by atoms with E-state index in [1.807, 2.05) is 7.05 Å². The number of aromatic nitrogens is 4. The number of hydrogen-bond acceptors (Lipinski definition) is 6. The molecule has 1 atom stereocenters. The van der Waals surface area contributed by atoms with Crippen LogP contribution in [0.25, 0.3) is 0 Å². The second-order valence-corrected chi connectivity index (χ2v) is 6.98. The monoisotopic (exact) mass is 344 g/mol. The summed E-state index contributed by atoms with van der Waals surface area (Å²) < 4.78 is 6.78. The van der Waals surface area contributed by atoms with Crippen molar-refractivity contribution in [3.05, 3.63) is 26.9 Å². The largest absolute Gasteiger partial charge is 0.270 e. The first kappa shape index (κ1) is 14.6. The summed E-state index contributed by atoms with van der Waals surface area (Å²) in [5.74, 6) is 5.74. The lowest BCUT2D eigenvalue weighted by molar-refractivity contribution is 0.529. The highest BCUT2D eigenvalue weighted by Crippen LogP contribution is 2.35. The summed E-state index contributed by atoms with van der Waals surface area (Å²) in [6.45, 7) is 6.33. The molecule has 0 aliphatic rings. The number of halogens is 1. The summed E-state index contributed by atoms with van der Waals surface area (Å²) in [5.41, 5.74) is 4.67. The summed E-state index contributed by atoms with van der Waals surface area (Å²) in [7, 11) is 1.88. The fourth-order valence-electron chi connectivity index (χ4n) is 1.93. The summed E-state index contributed by atoms with van der Waals surface area (Å²) in [6.07, 6.45) is 1.75. The molecule has 6 nitrogen and oxygen atoms in total. The van der Waals surface area contributed by atoms with Gasteiger partial charge >= 0.3 is 0 Å². The highest BCUT2D eigenvalue weighted by Gasteiger charge is 2.30. The molecule has 0 spiro atoms. The average Bonchev–Trinajstić information content (AvgIpc) is 2.91. The molecular formula is C11H17BrN6S. The van der Waals surface area contributed by atoms with Crippen LogP contribution in [0.1, 0.15) is 43.1 Å². The molecule has 2 aromatic heterocycles. The van der Waals surface area contributed by atoms with E-state index in [4.69, 9.17) is 5.84 Å². The van der Waals surface area contributed by atoms with Crippen LogP contribution in [-0.2, 0) is 12.5 Å². The van der Waals surface area contributed by atoms with Gasteiger partial charge in [0.2, 0.25) is 0 Å². The van der Waals surface area contributed by atoms with E-state index >= 15 is 0 Å². The second kappa shape index (κ2) is 5.28. The highest BCUT2D eigenvalue weighted by atomic mass is 79.9. The van der Waals surface area contributed by atoms with Gasteiger partial charge < -0.3 is 0 Å². The predicted molar refractivity (Wildman–Crippen MR) is 78.7 cm³/mol. The third-order valence-corrected chi connectivity index (χ3v) is 4.26. The van der Waals surface area contributed by atoms with Crippen molar-refractivity contribution in [2.45, 2.75) is 32.2 Å². The molecular weight excluding hydrogens is 328 g/mol. The Morgan fingerprint density at radius 1 is 1.47 bits per heavy atom. The lowest BCUT2D eigenvalue weighted by Gasteiger charge is -2.21. The van der Waals surface area contributed by atoms with E-state index < -0.39 is 0 Å². The number of hydrogen-bond donors (Lipinski definition) is 2. The Bertz CT molecular complexity index is 550. The zero-order valence-corrected chi connectivity index (χ0v) is 13.7. The smallest absolute Gasteiger partial charge is 0.102 e. The third kappa shape index (κ3) is 2.71. The number of hydrazine groups is 1. The Morgan fingerprint density at radius 3 is 2.63 bits per heavy atom. The normalized spacial score (nSPS) is 13.8. The molecule has 0 saturated heterocycles. The molecule has 0 amide bonds. The number of nitrogens with two attached hydrogens (primary N) is 1. The van der Waals surface area contributed by atoms with Crippen LogP contribution in [0.15, 0.2) is 10.7 Å². The lowest BCUT2D eigenvalue weighted by Crippen LogP contribution is -2.32. The van der Waals surface area contributed by atoms with Crippen molar-refractivity contribution in [2.75, 3.05) is 0 Å². The van der Waals surface area contributed by atoms with E-state index in [0.29, 0.717) is 0 Å². The van der Waals surface area contributed by atoms with Crippen molar-refractivity contribution in [1.29, 1.82) is 0 Å². The molecule has 0 aliphatic heterocycles. The van der Waals surface area contributed by atoms with Crippen molar-refractivity contribution in [1.82, 2.24) is 24.8 Å². The van der Waals surface area contributed by atoms with Crippen LogP contribution in [0.5, 0.6) is 0 Å². The van der Waals surface area contributed by atoms with Crippen molar-refractivity contribution >= 4 is 27.5 Å². The molecule has 0 saturated carbocycles. The molecule has 0 aliphatic carbocycles. The molecule has 3 N–H and O–H groups in total. The third-order valence-electron chi connectivity index (χ3n) is 2.86. The Kier molecular flexibility index (Phi) is 4.05. The average molecular weight is 345 g/mol. The Hall–Kier alpha value is -0.830. The Labute approximate surface area is 124 Å². The standard InChI is InChI=1S/C11H17BrN6S/c1-11(2,3)10-9(19-17-16-10)7(15-13)8-6(12)5-14-18(8)4/h5,7,15H,13H2,1-4H3. The van der Waals surface area contributed by atoms with E-state index in [1.165, 1.54) is 11.5 Å². The van der Waals surface area contributed by atoms with E-state index in [0.717, 1.165) is 20.7 Å². The van der Waals surface area contributed by atoms with E-state index in [2.05, 4.69) is 56.8 Å². The van der Waals surface area contributed by atoms with Gasteiger partial charge in [-0.05, 0) is 27.5 Å². The molecule has 8 heteroatoms. The number of rotatable bonds is 3. The van der Waals surface area contributed by atoms with Gasteiger partial charge in [0.05, 0.1) is 26.9 Å². The fraction of sp³-hybridized carbons (Fsp3) is 0.545. The number of aryl methyl sites for hydroxylation is 1. The molecule has 0 radical (unpaired) electrons. The number of nitrogens with zero attached hydrogens (tertiary/aromatic N) is 4. The maximum Gasteiger partial charge on any atom is 0.102 e. The molecule has 19 heavy (non-hydrogen) atoms. The number of nitrogens with one attached hydrogen (secondary N) is 1. The minimum atomic E-state index is -0.184. The molecule has 2 rings (SSSR count). The molecule has 0 bridgehead atoms. The first-order chi connectivity index (χ1) is 8.86. The topological polar surface area (TPSA) is 81.7 Å². The zero-order chi connectivity index (χ0) is 14.2. The van der Waals surface area contributed by atoms with Gasteiger partial charge in [-0.15, -0.1) is 5.10 Å². The van der Waals surface area contributed by atoms with Crippen LogP contribution in [0, 0.1) is 0 Å². The molecule has 0 fully saturated rings. The van der Waals surface area contributed by atoms with Gasteiger partial charge in [0.15, 0.2) is 0 Å². The Morgan fingerprint density at radius 2 is 2.16 bits per heavy atom. The maximum atomic E-state index is 5.74. The summed E-state index contributed by atoms with van der Waals surface area (Å²) in [4.78, 5) is 1.01. The fourth-order valence-corrected chi connectivity index (χ4v) is 3.44. The first-order valence-corrected chi connectivity index (χ1v) is 7.39. The maximum absolute atomic E-state index is 5.74. The molecule has 2 aromatic rings. The highest BCUT2D eigenvalue weighted by molar-refractivity contribution is 9.10. The van der Waals surface area contributed by atoms with Crippen LogP contribution in [-0.4, -0.2) is 19.4 Å². The molecule has 2 heterocycles. The van der Waals surface area contributed by atoms with E-state index in [-0.39, 0.29) is 11.5 Å². The van der Waals surface area contributed by atoms with Gasteiger partial charge in [-0.25, -0.2) is 5.43 Å². The molecule has 104 valence electrons. The summed E-state index contributed by atoms with van der Waals surface area (Å²) in [6, 6.07) is -0.184. The van der Waals surface area contributed by atoms with E-state index in [1.54, 1.807) is 10.9 Å². The van der Waals surface area contributed by atoms with Crippen LogP contribution in [0.3, 0.4) is 0 Å². The molecule has 1 unspecified atom stereocenters. The van der Waals surface area contributed by atoms with Crippen LogP contribution in [0.2, 0.25) is 0 Å². The first-order valence-electron chi connectivity index (χ1n) is 5.82. The van der Waals surface area contributed by atoms with Gasteiger partial charge in [0.25, 0.3) is 0 Å². The van der Waals surface area contributed by atoms with Crippen molar-refractivity contribution in [3.8, 4) is 0 Å². The van der Waals surface area contributed by atoms with E-state index in [9.17, 15) is 0 Å². The SMILES string of the molecule is Cn1ncc(Br)c1C(NN)c1snnc1C(C)(C)C. The van der Waals surface area contributed by atoms with Gasteiger partial charge in [-0.1, -0.05) is 25.3 Å². The van der Waals surface area contributed by atoms with Gasteiger partial charge in [0.1, 0.15) is 6.04 Å². The Balaban J connectivity index is 2.53. The summed E-state index contributed by atoms with van der Waals surface area (Å²) >= 11 is 4.86. The predicted octanol–water partition coefficient (Wildman–Crippen LogP) is 1.88. The van der Waals surface area contributed by atoms with Crippen LogP contribution in [0.4, 0.5) is 0 Å². The van der Waals surface area contributed by atoms with Crippen LogP contribution < -0.4 is 11.3 Å².